The highest BCUT2D eigenvalue weighted by molar-refractivity contribution is 6.08. The molecule has 1 atom stereocenters. The number of aromatic nitrogens is 1. The lowest BCUT2D eigenvalue weighted by Gasteiger charge is -2.13. The third kappa shape index (κ3) is 5.35. The fourth-order valence-electron chi connectivity index (χ4n) is 4.56. The highest BCUT2D eigenvalue weighted by Gasteiger charge is 2.32. The summed E-state index contributed by atoms with van der Waals surface area (Å²) in [6, 6.07) is 17.4. The van der Waals surface area contributed by atoms with Gasteiger partial charge in [0.2, 0.25) is 0 Å². The van der Waals surface area contributed by atoms with E-state index in [4.69, 9.17) is 9.47 Å². The monoisotopic (exact) mass is 483 g/mol. The van der Waals surface area contributed by atoms with Gasteiger partial charge in [0.25, 0.3) is 0 Å². The van der Waals surface area contributed by atoms with Gasteiger partial charge < -0.3 is 14.0 Å². The lowest BCUT2D eigenvalue weighted by atomic mass is 9.98. The quantitative estimate of drug-likeness (QED) is 0.199. The zero-order chi connectivity index (χ0) is 25.2. The molecule has 0 N–H and O–H groups in total. The van der Waals surface area contributed by atoms with Crippen molar-refractivity contribution in [2.75, 3.05) is 13.2 Å². The summed E-state index contributed by atoms with van der Waals surface area (Å²) in [6.07, 6.45) is -4.65. The Balaban J connectivity index is 1.82. The summed E-state index contributed by atoms with van der Waals surface area (Å²) in [6.45, 7) is 6.93. The number of rotatable bonds is 8. The number of hydrogen-bond acceptors (Lipinski definition) is 3. The van der Waals surface area contributed by atoms with Gasteiger partial charge >= 0.3 is 12.1 Å². The van der Waals surface area contributed by atoms with E-state index in [1.807, 2.05) is 50.2 Å². The molecule has 0 bridgehead atoms. The molecule has 0 saturated heterocycles. The van der Waals surface area contributed by atoms with Gasteiger partial charge in [-0.15, -0.1) is 0 Å². The number of carbonyl (C=O) groups excluding carboxylic acids is 1. The van der Waals surface area contributed by atoms with Gasteiger partial charge in [-0.05, 0) is 67.3 Å². The van der Waals surface area contributed by atoms with Gasteiger partial charge in [0.15, 0.2) is 0 Å². The predicted octanol–water partition coefficient (Wildman–Crippen LogP) is 7.06. The number of fused-ring (bicyclic) bond motifs is 3. The second-order valence-corrected chi connectivity index (χ2v) is 8.56. The number of halogens is 3. The fourth-order valence-corrected chi connectivity index (χ4v) is 4.56. The molecule has 0 saturated carbocycles. The van der Waals surface area contributed by atoms with Crippen LogP contribution in [0.5, 0.6) is 0 Å². The van der Waals surface area contributed by atoms with E-state index in [0.717, 1.165) is 39.0 Å². The molecule has 35 heavy (non-hydrogen) atoms. The summed E-state index contributed by atoms with van der Waals surface area (Å²) in [5, 5.41) is 1.90. The first-order valence-electron chi connectivity index (χ1n) is 11.6. The van der Waals surface area contributed by atoms with Gasteiger partial charge in [-0.25, -0.2) is 0 Å². The van der Waals surface area contributed by atoms with Crippen molar-refractivity contribution in [3.8, 4) is 0 Å². The molecule has 4 nitrogen and oxygen atoms in total. The van der Waals surface area contributed by atoms with E-state index in [9.17, 15) is 18.0 Å². The van der Waals surface area contributed by atoms with Crippen molar-refractivity contribution in [3.63, 3.8) is 0 Å². The van der Waals surface area contributed by atoms with Crippen LogP contribution in [0.1, 0.15) is 49.1 Å². The second kappa shape index (κ2) is 10.1. The minimum absolute atomic E-state index is 0.167. The summed E-state index contributed by atoms with van der Waals surface area (Å²) in [4.78, 5) is 11.5. The number of benzene rings is 3. The van der Waals surface area contributed by atoms with Gasteiger partial charge in [0.1, 0.15) is 6.10 Å². The first-order valence-corrected chi connectivity index (χ1v) is 11.6. The minimum Gasteiger partial charge on any atom is -0.458 e. The average Bonchev–Trinajstić information content (AvgIpc) is 3.11. The van der Waals surface area contributed by atoms with Crippen molar-refractivity contribution >= 4 is 27.8 Å². The molecule has 0 aliphatic carbocycles. The maximum absolute atomic E-state index is 13.5. The zero-order valence-electron chi connectivity index (χ0n) is 20.0. The van der Waals surface area contributed by atoms with Crippen LogP contribution >= 0.6 is 0 Å². The SMILES string of the molecule is CCOCCn1c2ccc(Cc3ccccc3C(F)(F)F)cc2c2cc(C(C)OC(C)=O)ccc21. The molecule has 4 aromatic rings. The van der Waals surface area contributed by atoms with Crippen LogP contribution in [0.3, 0.4) is 0 Å². The number of carbonyl (C=O) groups is 1. The highest BCUT2D eigenvalue weighted by atomic mass is 19.4. The summed E-state index contributed by atoms with van der Waals surface area (Å²) in [5.41, 5.74) is 3.23. The van der Waals surface area contributed by atoms with E-state index in [2.05, 4.69) is 4.57 Å². The number of alkyl halides is 3. The molecule has 0 aliphatic heterocycles. The molecule has 0 fully saturated rings. The second-order valence-electron chi connectivity index (χ2n) is 8.56. The highest BCUT2D eigenvalue weighted by Crippen LogP contribution is 2.35. The Morgan fingerprint density at radius 1 is 1.00 bits per heavy atom. The number of esters is 1. The molecule has 1 aromatic heterocycles. The maximum Gasteiger partial charge on any atom is 0.416 e. The van der Waals surface area contributed by atoms with E-state index >= 15 is 0 Å². The molecule has 7 heteroatoms. The van der Waals surface area contributed by atoms with Crippen LogP contribution in [0.15, 0.2) is 60.7 Å². The molecule has 0 amide bonds. The predicted molar refractivity (Wildman–Crippen MR) is 130 cm³/mol. The van der Waals surface area contributed by atoms with Crippen LogP contribution in [0.25, 0.3) is 21.8 Å². The molecule has 184 valence electrons. The molecule has 0 aliphatic rings. The topological polar surface area (TPSA) is 40.5 Å². The van der Waals surface area contributed by atoms with Crippen molar-refractivity contribution in [1.82, 2.24) is 4.57 Å². The largest absolute Gasteiger partial charge is 0.458 e. The van der Waals surface area contributed by atoms with Crippen LogP contribution < -0.4 is 0 Å². The maximum atomic E-state index is 13.5. The molecule has 4 rings (SSSR count). The van der Waals surface area contributed by atoms with E-state index in [0.29, 0.717) is 19.8 Å². The van der Waals surface area contributed by atoms with Crippen LogP contribution in [-0.2, 0) is 33.4 Å². The number of nitrogens with zero attached hydrogens (tertiary/aromatic N) is 1. The van der Waals surface area contributed by atoms with E-state index in [-0.39, 0.29) is 18.0 Å². The van der Waals surface area contributed by atoms with Crippen LogP contribution in [0.2, 0.25) is 0 Å². The standard InChI is InChI=1S/C28H28F3NO3/c1-4-34-14-13-32-26-11-9-20(15-22-7-5-6-8-25(22)28(29,30)31)16-23(26)24-17-21(10-12-27(24)32)18(2)35-19(3)33/h5-12,16-18H,4,13-15H2,1-3H3. The molecular weight excluding hydrogens is 455 g/mol. The van der Waals surface area contributed by atoms with E-state index < -0.39 is 17.8 Å². The Kier molecular flexibility index (Phi) is 7.17. The normalized spacial score (nSPS) is 12.9. The van der Waals surface area contributed by atoms with Crippen molar-refractivity contribution in [2.45, 2.75) is 46.0 Å². The van der Waals surface area contributed by atoms with E-state index in [1.54, 1.807) is 6.07 Å². The lowest BCUT2D eigenvalue weighted by molar-refractivity contribution is -0.145. The van der Waals surface area contributed by atoms with Gasteiger partial charge in [-0.2, -0.15) is 13.2 Å². The number of ether oxygens (including phenoxy) is 2. The Bertz CT molecular complexity index is 1360. The molecule has 1 heterocycles. The summed E-state index contributed by atoms with van der Waals surface area (Å²) in [5.74, 6) is -0.359. The van der Waals surface area contributed by atoms with Crippen LogP contribution in [0, 0.1) is 0 Å². The Morgan fingerprint density at radius 2 is 1.69 bits per heavy atom. The molecule has 0 radical (unpaired) electrons. The smallest absolute Gasteiger partial charge is 0.416 e. The van der Waals surface area contributed by atoms with Crippen molar-refractivity contribution in [1.29, 1.82) is 0 Å². The Labute approximate surface area is 202 Å². The van der Waals surface area contributed by atoms with Crippen LogP contribution in [0.4, 0.5) is 13.2 Å². The average molecular weight is 484 g/mol. The summed E-state index contributed by atoms with van der Waals surface area (Å²) >= 11 is 0. The Hall–Kier alpha value is -3.32. The lowest BCUT2D eigenvalue weighted by Crippen LogP contribution is -2.09. The first kappa shape index (κ1) is 24.8. The number of hydrogen-bond donors (Lipinski definition) is 0. The third-order valence-electron chi connectivity index (χ3n) is 6.15. The van der Waals surface area contributed by atoms with Gasteiger partial charge in [-0.1, -0.05) is 30.3 Å². The Morgan fingerprint density at radius 3 is 2.37 bits per heavy atom. The molecule has 3 aromatic carbocycles. The van der Waals surface area contributed by atoms with Gasteiger partial charge in [0, 0.05) is 41.9 Å². The summed E-state index contributed by atoms with van der Waals surface area (Å²) < 4.78 is 53.7. The van der Waals surface area contributed by atoms with Crippen molar-refractivity contribution in [2.24, 2.45) is 0 Å². The minimum atomic E-state index is -4.41. The first-order chi connectivity index (χ1) is 16.7. The fraction of sp³-hybridized carbons (Fsp3) is 0.321. The van der Waals surface area contributed by atoms with Crippen molar-refractivity contribution in [3.05, 3.63) is 82.9 Å². The molecular formula is C28H28F3NO3. The zero-order valence-corrected chi connectivity index (χ0v) is 20.0. The van der Waals surface area contributed by atoms with Crippen molar-refractivity contribution < 1.29 is 27.4 Å². The van der Waals surface area contributed by atoms with Gasteiger partial charge in [0.05, 0.1) is 12.2 Å². The van der Waals surface area contributed by atoms with Crippen LogP contribution in [-0.4, -0.2) is 23.8 Å². The third-order valence-corrected chi connectivity index (χ3v) is 6.15. The van der Waals surface area contributed by atoms with E-state index in [1.165, 1.54) is 19.1 Å². The molecule has 0 spiro atoms. The molecule has 1 unspecified atom stereocenters. The van der Waals surface area contributed by atoms with Gasteiger partial charge in [-0.3, -0.25) is 4.79 Å². The summed E-state index contributed by atoms with van der Waals surface area (Å²) in [7, 11) is 0.